The van der Waals surface area contributed by atoms with Gasteiger partial charge in [-0.1, -0.05) is 18.2 Å². The number of fused-ring (bicyclic) bond motifs is 1. The van der Waals surface area contributed by atoms with Crippen LogP contribution in [0.3, 0.4) is 0 Å². The van der Waals surface area contributed by atoms with Gasteiger partial charge >= 0.3 is 0 Å². The van der Waals surface area contributed by atoms with Crippen LogP contribution in [0.25, 0.3) is 0 Å². The van der Waals surface area contributed by atoms with Crippen LogP contribution in [0.5, 0.6) is 0 Å². The Morgan fingerprint density at radius 3 is 2.90 bits per heavy atom. The quantitative estimate of drug-likeness (QED) is 0.563. The molecular formula is C23H20N4O3S. The van der Waals surface area contributed by atoms with Crippen LogP contribution in [-0.2, 0) is 17.9 Å². The molecule has 8 heteroatoms. The summed E-state index contributed by atoms with van der Waals surface area (Å²) in [4.78, 5) is 33.9. The van der Waals surface area contributed by atoms with Gasteiger partial charge in [0.15, 0.2) is 5.76 Å². The SMILES string of the molecule is N#CCCN(Cc1cccnc1)C(=O)c1ccc(CN2C(=O)CSc3ccccc32)o1. The highest BCUT2D eigenvalue weighted by Gasteiger charge is 2.26. The van der Waals surface area contributed by atoms with Gasteiger partial charge in [-0.15, -0.1) is 11.8 Å². The van der Waals surface area contributed by atoms with Crippen molar-refractivity contribution in [3.63, 3.8) is 0 Å². The summed E-state index contributed by atoms with van der Waals surface area (Å²) < 4.78 is 5.82. The van der Waals surface area contributed by atoms with Crippen LogP contribution in [0.15, 0.2) is 70.2 Å². The molecule has 2 amide bonds. The number of para-hydroxylation sites is 1. The van der Waals surface area contributed by atoms with Crippen molar-refractivity contribution in [1.29, 1.82) is 5.26 Å². The Morgan fingerprint density at radius 2 is 2.10 bits per heavy atom. The Bertz CT molecular complexity index is 1120. The molecule has 1 aromatic carbocycles. The number of furan rings is 1. The molecule has 0 aliphatic carbocycles. The van der Waals surface area contributed by atoms with E-state index in [4.69, 9.17) is 9.68 Å². The van der Waals surface area contributed by atoms with Crippen molar-refractivity contribution in [2.24, 2.45) is 0 Å². The molecule has 1 aliphatic heterocycles. The fourth-order valence-electron chi connectivity index (χ4n) is 3.37. The van der Waals surface area contributed by atoms with Gasteiger partial charge in [-0.25, -0.2) is 0 Å². The zero-order valence-electron chi connectivity index (χ0n) is 16.7. The molecule has 0 fully saturated rings. The second kappa shape index (κ2) is 9.49. The normalized spacial score (nSPS) is 12.9. The minimum atomic E-state index is -0.300. The van der Waals surface area contributed by atoms with E-state index in [0.717, 1.165) is 16.1 Å². The summed E-state index contributed by atoms with van der Waals surface area (Å²) in [6.45, 7) is 0.875. The van der Waals surface area contributed by atoms with Crippen LogP contribution >= 0.6 is 11.8 Å². The van der Waals surface area contributed by atoms with Gasteiger partial charge in [0.05, 0.1) is 30.5 Å². The van der Waals surface area contributed by atoms with E-state index in [0.29, 0.717) is 18.1 Å². The number of thioether (sulfide) groups is 1. The molecule has 31 heavy (non-hydrogen) atoms. The first-order valence-corrected chi connectivity index (χ1v) is 10.8. The molecule has 3 aromatic rings. The van der Waals surface area contributed by atoms with Gasteiger partial charge in [-0.2, -0.15) is 5.26 Å². The maximum atomic E-state index is 13.0. The minimum Gasteiger partial charge on any atom is -0.454 e. The molecule has 156 valence electrons. The van der Waals surface area contributed by atoms with Crippen molar-refractivity contribution >= 4 is 29.3 Å². The lowest BCUT2D eigenvalue weighted by atomic mass is 10.2. The van der Waals surface area contributed by atoms with E-state index < -0.39 is 0 Å². The Labute approximate surface area is 184 Å². The van der Waals surface area contributed by atoms with Crippen LogP contribution in [0.1, 0.15) is 28.3 Å². The zero-order valence-corrected chi connectivity index (χ0v) is 17.5. The van der Waals surface area contributed by atoms with E-state index in [1.165, 1.54) is 11.8 Å². The van der Waals surface area contributed by atoms with Crippen LogP contribution in [0, 0.1) is 11.3 Å². The number of carbonyl (C=O) groups excluding carboxylic acids is 2. The molecular weight excluding hydrogens is 412 g/mol. The summed E-state index contributed by atoms with van der Waals surface area (Å²) in [5.41, 5.74) is 1.72. The molecule has 7 nitrogen and oxygen atoms in total. The van der Waals surface area contributed by atoms with Crippen LogP contribution in [-0.4, -0.2) is 34.0 Å². The number of aromatic nitrogens is 1. The topological polar surface area (TPSA) is 90.4 Å². The average Bonchev–Trinajstić information content (AvgIpc) is 3.27. The summed E-state index contributed by atoms with van der Waals surface area (Å²) in [5.74, 6) is 0.784. The fourth-order valence-corrected chi connectivity index (χ4v) is 4.30. The van der Waals surface area contributed by atoms with Gasteiger partial charge in [0.1, 0.15) is 5.76 Å². The smallest absolute Gasteiger partial charge is 0.289 e. The maximum Gasteiger partial charge on any atom is 0.289 e. The number of anilines is 1. The van der Waals surface area contributed by atoms with E-state index in [9.17, 15) is 9.59 Å². The number of nitriles is 1. The molecule has 2 aromatic heterocycles. The average molecular weight is 433 g/mol. The summed E-state index contributed by atoms with van der Waals surface area (Å²) in [6.07, 6.45) is 3.58. The number of nitrogens with zero attached hydrogens (tertiary/aromatic N) is 4. The third-order valence-electron chi connectivity index (χ3n) is 4.87. The first kappa shape index (κ1) is 20.7. The lowest BCUT2D eigenvalue weighted by Gasteiger charge is -2.28. The highest BCUT2D eigenvalue weighted by Crippen LogP contribution is 2.35. The molecule has 3 heterocycles. The second-order valence-corrected chi connectivity index (χ2v) is 8.02. The van der Waals surface area contributed by atoms with Crippen LogP contribution < -0.4 is 4.90 Å². The Morgan fingerprint density at radius 1 is 1.23 bits per heavy atom. The van der Waals surface area contributed by atoms with Gasteiger partial charge in [0.2, 0.25) is 5.91 Å². The highest BCUT2D eigenvalue weighted by atomic mass is 32.2. The van der Waals surface area contributed by atoms with Crippen LogP contribution in [0.2, 0.25) is 0 Å². The van der Waals surface area contributed by atoms with Crippen molar-refractivity contribution in [1.82, 2.24) is 9.88 Å². The molecule has 0 saturated carbocycles. The van der Waals surface area contributed by atoms with E-state index in [2.05, 4.69) is 11.1 Å². The van der Waals surface area contributed by atoms with Crippen LogP contribution in [0.4, 0.5) is 5.69 Å². The lowest BCUT2D eigenvalue weighted by molar-refractivity contribution is -0.116. The molecule has 0 unspecified atom stereocenters. The standard InChI is InChI=1S/C23H20N4O3S/c24-10-4-12-26(14-17-5-3-11-25-13-17)23(29)20-9-8-18(30-20)15-27-19-6-1-2-7-21(19)31-16-22(27)28/h1-3,5-9,11,13H,4,12,14-16H2. The highest BCUT2D eigenvalue weighted by molar-refractivity contribution is 8.00. The predicted octanol–water partition coefficient (Wildman–Crippen LogP) is 3.87. The van der Waals surface area contributed by atoms with Gasteiger partial charge in [0, 0.05) is 30.4 Å². The summed E-state index contributed by atoms with van der Waals surface area (Å²) in [6, 6.07) is 16.8. The molecule has 0 radical (unpaired) electrons. The molecule has 0 atom stereocenters. The van der Waals surface area contributed by atoms with E-state index >= 15 is 0 Å². The van der Waals surface area contributed by atoms with Crippen molar-refractivity contribution in [2.45, 2.75) is 24.4 Å². The Kier molecular flexibility index (Phi) is 6.34. The number of benzene rings is 1. The number of hydrogen-bond acceptors (Lipinski definition) is 6. The van der Waals surface area contributed by atoms with Gasteiger partial charge in [-0.05, 0) is 35.9 Å². The first-order chi connectivity index (χ1) is 15.2. The number of hydrogen-bond donors (Lipinski definition) is 0. The maximum absolute atomic E-state index is 13.0. The third-order valence-corrected chi connectivity index (χ3v) is 5.92. The van der Waals surface area contributed by atoms with E-state index in [1.54, 1.807) is 40.4 Å². The summed E-state index contributed by atoms with van der Waals surface area (Å²) in [5, 5.41) is 8.96. The van der Waals surface area contributed by atoms with Gasteiger partial charge < -0.3 is 14.2 Å². The summed E-state index contributed by atoms with van der Waals surface area (Å²) >= 11 is 1.52. The molecule has 1 aliphatic rings. The van der Waals surface area contributed by atoms with Crippen molar-refractivity contribution in [3.05, 3.63) is 78.0 Å². The van der Waals surface area contributed by atoms with Crippen molar-refractivity contribution in [2.75, 3.05) is 17.2 Å². The summed E-state index contributed by atoms with van der Waals surface area (Å²) in [7, 11) is 0. The van der Waals surface area contributed by atoms with E-state index in [1.807, 2.05) is 30.3 Å². The molecule has 0 saturated heterocycles. The minimum absolute atomic E-state index is 0.000186. The number of rotatable bonds is 7. The van der Waals surface area contributed by atoms with Gasteiger partial charge in [0.25, 0.3) is 5.91 Å². The lowest BCUT2D eigenvalue weighted by Crippen LogP contribution is -2.34. The number of pyridine rings is 1. The second-order valence-electron chi connectivity index (χ2n) is 7.00. The predicted molar refractivity (Wildman–Crippen MR) is 116 cm³/mol. The molecule has 0 spiro atoms. The Balaban J connectivity index is 1.51. The zero-order chi connectivity index (χ0) is 21.6. The molecule has 0 N–H and O–H groups in total. The molecule has 4 rings (SSSR count). The van der Waals surface area contributed by atoms with Crippen molar-refractivity contribution in [3.8, 4) is 6.07 Å². The number of amides is 2. The number of carbonyl (C=O) groups is 2. The van der Waals surface area contributed by atoms with Gasteiger partial charge in [-0.3, -0.25) is 14.6 Å². The largest absolute Gasteiger partial charge is 0.454 e. The first-order valence-electron chi connectivity index (χ1n) is 9.82. The molecule has 0 bridgehead atoms. The monoisotopic (exact) mass is 432 g/mol. The van der Waals surface area contributed by atoms with Crippen molar-refractivity contribution < 1.29 is 14.0 Å². The third kappa shape index (κ3) is 4.78. The van der Waals surface area contributed by atoms with E-state index in [-0.39, 0.29) is 37.1 Å². The Hall–Kier alpha value is -3.57. The fraction of sp³-hybridized carbons (Fsp3) is 0.217.